The minimum Gasteiger partial charge on any atom is -0.306 e. The van der Waals surface area contributed by atoms with Crippen molar-refractivity contribution in [1.29, 1.82) is 0 Å². The van der Waals surface area contributed by atoms with Crippen LogP contribution in [0.2, 0.25) is 4.34 Å². The Morgan fingerprint density at radius 2 is 2.07 bits per heavy atom. The van der Waals surface area contributed by atoms with Crippen LogP contribution in [0.3, 0.4) is 0 Å². The van der Waals surface area contributed by atoms with Crippen LogP contribution in [0, 0.1) is 5.92 Å². The molecule has 2 aliphatic carbocycles. The third kappa shape index (κ3) is 4.02. The predicted octanol–water partition coefficient (Wildman–Crippen LogP) is 3.78. The monoisotopic (exact) mass is 447 g/mol. The van der Waals surface area contributed by atoms with E-state index in [0.29, 0.717) is 22.0 Å². The number of nitrogens with zero attached hydrogens (tertiary/aromatic N) is 1. The van der Waals surface area contributed by atoms with Crippen molar-refractivity contribution in [2.75, 3.05) is 5.32 Å². The molecule has 2 aromatic heterocycles. The van der Waals surface area contributed by atoms with Crippen LogP contribution < -0.4 is 10.0 Å². The van der Waals surface area contributed by atoms with Crippen LogP contribution in [0.1, 0.15) is 12.1 Å². The molecule has 29 heavy (non-hydrogen) atoms. The van der Waals surface area contributed by atoms with Gasteiger partial charge in [0.05, 0.1) is 27.8 Å². The van der Waals surface area contributed by atoms with E-state index in [1.807, 2.05) is 29.0 Å². The number of allylic oxidation sites excluding steroid dienone is 6. The van der Waals surface area contributed by atoms with Gasteiger partial charge < -0.3 is 5.32 Å². The molecule has 2 amide bonds. The lowest BCUT2D eigenvalue weighted by Gasteiger charge is -2.11. The molecule has 148 valence electrons. The Hall–Kier alpha value is -2.75. The average molecular weight is 448 g/mol. The molecule has 2 heterocycles. The number of sulfonamides is 1. The number of carbonyl (C=O) groups is 2. The topological polar surface area (TPSA) is 105 Å². The van der Waals surface area contributed by atoms with E-state index in [4.69, 9.17) is 11.6 Å². The Labute approximate surface area is 175 Å². The molecule has 0 bridgehead atoms. The number of hydrogen-bond acceptors (Lipinski definition) is 6. The number of carbonyl (C=O) groups excluding carboxylic acids is 2. The second kappa shape index (κ2) is 7.58. The molecule has 0 saturated heterocycles. The number of amides is 2. The number of nitrogens with one attached hydrogen (secondary N) is 2. The molecular formula is C19H14ClN3O4S2. The maximum atomic E-state index is 12.6. The third-order valence-corrected chi connectivity index (χ3v) is 7.48. The van der Waals surface area contributed by atoms with Crippen molar-refractivity contribution in [2.24, 2.45) is 5.92 Å². The lowest BCUT2D eigenvalue weighted by Crippen LogP contribution is -2.34. The molecule has 2 aliphatic rings. The van der Waals surface area contributed by atoms with Gasteiger partial charge in [-0.15, -0.1) is 11.3 Å². The van der Waals surface area contributed by atoms with Gasteiger partial charge in [0.15, 0.2) is 5.78 Å². The summed E-state index contributed by atoms with van der Waals surface area (Å²) in [6, 6.07) is 4.98. The highest BCUT2D eigenvalue weighted by Crippen LogP contribution is 2.36. The van der Waals surface area contributed by atoms with Gasteiger partial charge >= 0.3 is 6.03 Å². The highest BCUT2D eigenvalue weighted by molar-refractivity contribution is 7.92. The summed E-state index contributed by atoms with van der Waals surface area (Å²) in [5.74, 6) is -0.136. The number of Topliss-reactive ketones (excluding diaryl/α,β-unsaturated/α-hetero) is 1. The van der Waals surface area contributed by atoms with Crippen molar-refractivity contribution < 1.29 is 18.0 Å². The summed E-state index contributed by atoms with van der Waals surface area (Å²) in [4.78, 5) is 28.8. The summed E-state index contributed by atoms with van der Waals surface area (Å²) in [5.41, 5.74) is 2.28. The van der Waals surface area contributed by atoms with E-state index in [1.54, 1.807) is 12.1 Å². The van der Waals surface area contributed by atoms with Gasteiger partial charge in [-0.3, -0.25) is 9.78 Å². The zero-order valence-corrected chi connectivity index (χ0v) is 17.1. The molecular weight excluding hydrogens is 434 g/mol. The third-order valence-electron chi connectivity index (χ3n) is 4.43. The Balaban J connectivity index is 1.44. The number of urea groups is 1. The van der Waals surface area contributed by atoms with Crippen molar-refractivity contribution in [3.05, 3.63) is 70.4 Å². The summed E-state index contributed by atoms with van der Waals surface area (Å²) in [6.45, 7) is 0. The van der Waals surface area contributed by atoms with Gasteiger partial charge in [0, 0.05) is 5.57 Å². The van der Waals surface area contributed by atoms with Crippen molar-refractivity contribution >= 4 is 56.0 Å². The van der Waals surface area contributed by atoms with E-state index in [9.17, 15) is 18.0 Å². The van der Waals surface area contributed by atoms with Crippen molar-refractivity contribution in [2.45, 2.75) is 10.6 Å². The van der Waals surface area contributed by atoms with Crippen LogP contribution in [0.5, 0.6) is 0 Å². The number of ketones is 1. The van der Waals surface area contributed by atoms with Gasteiger partial charge in [-0.1, -0.05) is 29.8 Å². The standard InChI is InChI=1S/C19H14ClN3O4S2/c20-16-7-8-17(28-16)29(26,27)23-19(25)22-12-5-6-15(21-10-12)14-9-11-3-1-2-4-13(11)18(14)24/h1-3,5-10,13H,4H2,(H2,22,23,25). The van der Waals surface area contributed by atoms with Gasteiger partial charge in [0.25, 0.3) is 10.0 Å². The minimum atomic E-state index is -4.01. The summed E-state index contributed by atoms with van der Waals surface area (Å²) in [7, 11) is -4.01. The normalized spacial score (nSPS) is 18.1. The molecule has 2 N–H and O–H groups in total. The lowest BCUT2D eigenvalue weighted by molar-refractivity contribution is -0.115. The van der Waals surface area contributed by atoms with Crippen LogP contribution >= 0.6 is 22.9 Å². The van der Waals surface area contributed by atoms with Crippen LogP contribution in [-0.2, 0) is 14.8 Å². The van der Waals surface area contributed by atoms with E-state index in [-0.39, 0.29) is 21.6 Å². The minimum absolute atomic E-state index is 0.0206. The maximum Gasteiger partial charge on any atom is 0.333 e. The second-order valence-electron chi connectivity index (χ2n) is 6.36. The highest BCUT2D eigenvalue weighted by Gasteiger charge is 2.32. The molecule has 0 aromatic carbocycles. The summed E-state index contributed by atoms with van der Waals surface area (Å²) >= 11 is 6.58. The Kier molecular flexibility index (Phi) is 5.12. The maximum absolute atomic E-state index is 12.6. The van der Waals surface area contributed by atoms with Crippen LogP contribution in [-0.4, -0.2) is 25.2 Å². The van der Waals surface area contributed by atoms with E-state index in [2.05, 4.69) is 10.3 Å². The Morgan fingerprint density at radius 1 is 1.24 bits per heavy atom. The molecule has 7 nitrogen and oxygen atoms in total. The van der Waals surface area contributed by atoms with Crippen molar-refractivity contribution in [3.63, 3.8) is 0 Å². The molecule has 1 atom stereocenters. The summed E-state index contributed by atoms with van der Waals surface area (Å²) < 4.78 is 26.4. The molecule has 10 heteroatoms. The first-order valence-electron chi connectivity index (χ1n) is 8.52. The fraction of sp³-hybridized carbons (Fsp3) is 0.105. The van der Waals surface area contributed by atoms with E-state index >= 15 is 0 Å². The molecule has 0 aliphatic heterocycles. The summed E-state index contributed by atoms with van der Waals surface area (Å²) in [5, 5.41) is 2.41. The van der Waals surface area contributed by atoms with Crippen molar-refractivity contribution in [3.8, 4) is 0 Å². The van der Waals surface area contributed by atoms with Crippen LogP contribution in [0.15, 0.2) is 64.5 Å². The van der Waals surface area contributed by atoms with E-state index < -0.39 is 16.1 Å². The van der Waals surface area contributed by atoms with Gasteiger partial charge in [-0.05, 0) is 42.3 Å². The average Bonchev–Trinajstić information content (AvgIpc) is 3.27. The van der Waals surface area contributed by atoms with Crippen LogP contribution in [0.25, 0.3) is 5.57 Å². The van der Waals surface area contributed by atoms with Crippen LogP contribution in [0.4, 0.5) is 10.5 Å². The number of thiophene rings is 1. The van der Waals surface area contributed by atoms with Crippen molar-refractivity contribution in [1.82, 2.24) is 9.71 Å². The molecule has 0 saturated carbocycles. The second-order valence-corrected chi connectivity index (χ2v) is 9.98. The smallest absolute Gasteiger partial charge is 0.306 e. The van der Waals surface area contributed by atoms with Gasteiger partial charge in [0.1, 0.15) is 4.21 Å². The quantitative estimate of drug-likeness (QED) is 0.742. The number of halogens is 1. The SMILES string of the molecule is O=C(Nc1ccc(C2=CC3=CC=CCC3C2=O)nc1)NS(=O)(=O)c1ccc(Cl)s1. The number of rotatable bonds is 4. The zero-order chi connectivity index (χ0) is 20.6. The predicted molar refractivity (Wildman–Crippen MR) is 111 cm³/mol. The largest absolute Gasteiger partial charge is 0.333 e. The molecule has 1 unspecified atom stereocenters. The first-order valence-corrected chi connectivity index (χ1v) is 11.2. The first kappa shape index (κ1) is 19.6. The molecule has 0 fully saturated rings. The Morgan fingerprint density at radius 3 is 2.72 bits per heavy atom. The first-order chi connectivity index (χ1) is 13.8. The van der Waals surface area contributed by atoms with Gasteiger partial charge in [-0.2, -0.15) is 0 Å². The van der Waals surface area contributed by atoms with Gasteiger partial charge in [-0.25, -0.2) is 17.9 Å². The number of pyridine rings is 1. The highest BCUT2D eigenvalue weighted by atomic mass is 35.5. The number of anilines is 1. The number of fused-ring (bicyclic) bond motifs is 1. The van der Waals surface area contributed by atoms with Gasteiger partial charge in [0.2, 0.25) is 0 Å². The van der Waals surface area contributed by atoms with E-state index in [1.165, 1.54) is 18.3 Å². The lowest BCUT2D eigenvalue weighted by atomic mass is 9.92. The van der Waals surface area contributed by atoms with E-state index in [0.717, 1.165) is 16.9 Å². The molecule has 0 radical (unpaired) electrons. The zero-order valence-electron chi connectivity index (χ0n) is 14.8. The fourth-order valence-electron chi connectivity index (χ4n) is 3.08. The fourth-order valence-corrected chi connectivity index (χ4v) is 5.47. The molecule has 2 aromatic rings. The number of aromatic nitrogens is 1. The molecule has 4 rings (SSSR count). The number of hydrogen-bond donors (Lipinski definition) is 2. The Bertz CT molecular complexity index is 1190. The molecule has 0 spiro atoms. The summed E-state index contributed by atoms with van der Waals surface area (Å²) in [6.07, 6.45) is 9.68.